The first-order valence-electron chi connectivity index (χ1n) is 12.5. The van der Waals surface area contributed by atoms with Crippen molar-refractivity contribution in [1.82, 2.24) is 14.7 Å². The summed E-state index contributed by atoms with van der Waals surface area (Å²) in [6, 6.07) is 14.1. The molecule has 2 unspecified atom stereocenters. The van der Waals surface area contributed by atoms with Gasteiger partial charge in [-0.3, -0.25) is 14.4 Å². The molecule has 2 atom stereocenters. The smallest absolute Gasteiger partial charge is 0.255 e. The second-order valence-corrected chi connectivity index (χ2v) is 10.6. The number of amides is 3. The molecule has 0 N–H and O–H groups in total. The number of likely N-dealkylation sites (tertiary alicyclic amines) is 2. The topological polar surface area (TPSA) is 84.7 Å². The fourth-order valence-electron chi connectivity index (χ4n) is 5.48. The fraction of sp³-hybridized carbons (Fsp3) is 0.429. The highest BCUT2D eigenvalue weighted by Crippen LogP contribution is 2.35. The van der Waals surface area contributed by atoms with Crippen LogP contribution in [0.3, 0.4) is 0 Å². The standard InChI is InChI=1S/C28H30Cl2N4O3/c1-18(35)33-12-9-19(10-13-33)27(36)34-14-11-26(23(17-34)20-7-8-24(29)25(30)15-20)32(2)28(37)22-6-4-3-5-21(22)16-31/h3-8,15,19,23,26H,9-14,17H2,1-2H3. The van der Waals surface area contributed by atoms with Crippen LogP contribution < -0.4 is 0 Å². The summed E-state index contributed by atoms with van der Waals surface area (Å²) in [6.45, 7) is 3.70. The number of nitrogens with zero attached hydrogens (tertiary/aromatic N) is 4. The third kappa shape index (κ3) is 5.76. The number of benzene rings is 2. The molecule has 37 heavy (non-hydrogen) atoms. The highest BCUT2D eigenvalue weighted by atomic mass is 35.5. The minimum Gasteiger partial charge on any atom is -0.343 e. The van der Waals surface area contributed by atoms with E-state index in [1.54, 1.807) is 54.1 Å². The van der Waals surface area contributed by atoms with Crippen molar-refractivity contribution < 1.29 is 14.4 Å². The average molecular weight is 541 g/mol. The number of nitriles is 1. The van der Waals surface area contributed by atoms with E-state index in [1.165, 1.54) is 0 Å². The molecule has 2 saturated heterocycles. The van der Waals surface area contributed by atoms with Gasteiger partial charge in [0.2, 0.25) is 11.8 Å². The first kappa shape index (κ1) is 27.0. The van der Waals surface area contributed by atoms with Gasteiger partial charge >= 0.3 is 0 Å². The van der Waals surface area contributed by atoms with E-state index in [1.807, 2.05) is 17.0 Å². The lowest BCUT2D eigenvalue weighted by Gasteiger charge is -2.44. The van der Waals surface area contributed by atoms with Gasteiger partial charge in [-0.2, -0.15) is 5.26 Å². The minimum absolute atomic E-state index is 0.0390. The summed E-state index contributed by atoms with van der Waals surface area (Å²) in [5.74, 6) is -0.410. The normalized spacial score (nSPS) is 20.3. The zero-order valence-electron chi connectivity index (χ0n) is 21.0. The summed E-state index contributed by atoms with van der Waals surface area (Å²) in [7, 11) is 1.75. The summed E-state index contributed by atoms with van der Waals surface area (Å²) >= 11 is 12.5. The molecule has 0 aromatic heterocycles. The number of halogens is 2. The monoisotopic (exact) mass is 540 g/mol. The highest BCUT2D eigenvalue weighted by Gasteiger charge is 2.39. The first-order valence-corrected chi connectivity index (χ1v) is 13.2. The molecule has 0 spiro atoms. The number of hydrogen-bond acceptors (Lipinski definition) is 4. The number of hydrogen-bond donors (Lipinski definition) is 0. The second kappa shape index (κ2) is 11.5. The van der Waals surface area contributed by atoms with Crippen LogP contribution in [0.25, 0.3) is 0 Å². The van der Waals surface area contributed by atoms with Crippen LogP contribution in [0.4, 0.5) is 0 Å². The molecule has 2 fully saturated rings. The van der Waals surface area contributed by atoms with Gasteiger partial charge in [-0.25, -0.2) is 0 Å². The number of likely N-dealkylation sites (N-methyl/N-ethyl adjacent to an activating group) is 1. The molecule has 0 bridgehead atoms. The van der Waals surface area contributed by atoms with E-state index in [0.29, 0.717) is 66.6 Å². The van der Waals surface area contributed by atoms with E-state index in [2.05, 4.69) is 6.07 Å². The van der Waals surface area contributed by atoms with Crippen LogP contribution in [-0.4, -0.2) is 71.7 Å². The molecular formula is C28H30Cl2N4O3. The van der Waals surface area contributed by atoms with Gasteiger partial charge in [0.05, 0.1) is 27.2 Å². The summed E-state index contributed by atoms with van der Waals surface area (Å²) in [6.07, 6.45) is 1.89. The molecule has 2 aliphatic rings. The van der Waals surface area contributed by atoms with Gasteiger partial charge in [0.15, 0.2) is 0 Å². The van der Waals surface area contributed by atoms with Crippen molar-refractivity contribution in [3.05, 3.63) is 69.2 Å². The van der Waals surface area contributed by atoms with Gasteiger partial charge < -0.3 is 14.7 Å². The zero-order valence-corrected chi connectivity index (χ0v) is 22.5. The van der Waals surface area contributed by atoms with Crippen LogP contribution in [0, 0.1) is 17.2 Å². The summed E-state index contributed by atoms with van der Waals surface area (Å²) in [5.41, 5.74) is 1.59. The summed E-state index contributed by atoms with van der Waals surface area (Å²) in [4.78, 5) is 44.0. The predicted octanol–water partition coefficient (Wildman–Crippen LogP) is 4.58. The lowest BCUT2D eigenvalue weighted by atomic mass is 9.83. The van der Waals surface area contributed by atoms with Crippen LogP contribution >= 0.6 is 23.2 Å². The third-order valence-electron chi connectivity index (χ3n) is 7.65. The lowest BCUT2D eigenvalue weighted by molar-refractivity contribution is -0.141. The number of piperidine rings is 2. The second-order valence-electron chi connectivity index (χ2n) is 9.77. The van der Waals surface area contributed by atoms with Gasteiger partial charge in [-0.1, -0.05) is 41.4 Å². The van der Waals surface area contributed by atoms with E-state index in [9.17, 15) is 19.6 Å². The average Bonchev–Trinajstić information content (AvgIpc) is 2.93. The minimum atomic E-state index is -0.233. The third-order valence-corrected chi connectivity index (χ3v) is 8.38. The maximum atomic E-state index is 13.5. The van der Waals surface area contributed by atoms with Gasteiger partial charge in [-0.05, 0) is 49.1 Å². The molecule has 9 heteroatoms. The van der Waals surface area contributed by atoms with Crippen molar-refractivity contribution in [1.29, 1.82) is 5.26 Å². The van der Waals surface area contributed by atoms with Crippen molar-refractivity contribution in [2.45, 2.75) is 38.1 Å². The zero-order chi connectivity index (χ0) is 26.7. The van der Waals surface area contributed by atoms with Crippen LogP contribution in [-0.2, 0) is 9.59 Å². The van der Waals surface area contributed by atoms with Crippen molar-refractivity contribution in [3.63, 3.8) is 0 Å². The van der Waals surface area contributed by atoms with E-state index in [-0.39, 0.29) is 35.6 Å². The molecule has 0 saturated carbocycles. The van der Waals surface area contributed by atoms with E-state index in [4.69, 9.17) is 23.2 Å². The SMILES string of the molecule is CC(=O)N1CCC(C(=O)N2CCC(N(C)C(=O)c3ccccc3C#N)C(c3ccc(Cl)c(Cl)c3)C2)CC1. The number of carbonyl (C=O) groups excluding carboxylic acids is 3. The Morgan fingerprint density at radius 2 is 1.65 bits per heavy atom. The Bertz CT molecular complexity index is 1240. The number of carbonyl (C=O) groups is 3. The maximum Gasteiger partial charge on any atom is 0.255 e. The van der Waals surface area contributed by atoms with Crippen molar-refractivity contribution in [2.24, 2.45) is 5.92 Å². The Morgan fingerprint density at radius 1 is 0.973 bits per heavy atom. The Morgan fingerprint density at radius 3 is 2.30 bits per heavy atom. The molecule has 2 aromatic rings. The Labute approximate surface area is 227 Å². The quantitative estimate of drug-likeness (QED) is 0.568. The van der Waals surface area contributed by atoms with Gasteiger partial charge in [-0.15, -0.1) is 0 Å². The predicted molar refractivity (Wildman–Crippen MR) is 142 cm³/mol. The fourth-order valence-corrected chi connectivity index (χ4v) is 5.79. The molecule has 4 rings (SSSR count). The molecular weight excluding hydrogens is 511 g/mol. The van der Waals surface area contributed by atoms with Gasteiger partial charge in [0.1, 0.15) is 0 Å². The van der Waals surface area contributed by atoms with Gasteiger partial charge in [0.25, 0.3) is 5.91 Å². The van der Waals surface area contributed by atoms with E-state index in [0.717, 1.165) is 5.56 Å². The molecule has 194 valence electrons. The van der Waals surface area contributed by atoms with E-state index < -0.39 is 0 Å². The molecule has 2 aromatic carbocycles. The molecule has 3 amide bonds. The summed E-state index contributed by atoms with van der Waals surface area (Å²) in [5, 5.41) is 10.4. The first-order chi connectivity index (χ1) is 17.7. The van der Waals surface area contributed by atoms with Crippen LogP contribution in [0.5, 0.6) is 0 Å². The largest absolute Gasteiger partial charge is 0.343 e. The maximum absolute atomic E-state index is 13.5. The highest BCUT2D eigenvalue weighted by molar-refractivity contribution is 6.42. The van der Waals surface area contributed by atoms with Crippen LogP contribution in [0.1, 0.15) is 53.6 Å². The van der Waals surface area contributed by atoms with Crippen LogP contribution in [0.2, 0.25) is 10.0 Å². The van der Waals surface area contributed by atoms with Crippen molar-refractivity contribution in [3.8, 4) is 6.07 Å². The van der Waals surface area contributed by atoms with Gasteiger partial charge in [0, 0.05) is 58.0 Å². The van der Waals surface area contributed by atoms with Crippen LogP contribution in [0.15, 0.2) is 42.5 Å². The lowest BCUT2D eigenvalue weighted by Crippen LogP contribution is -2.53. The van der Waals surface area contributed by atoms with Crippen molar-refractivity contribution >= 4 is 40.9 Å². The molecule has 7 nitrogen and oxygen atoms in total. The summed E-state index contributed by atoms with van der Waals surface area (Å²) < 4.78 is 0. The molecule has 0 radical (unpaired) electrons. The molecule has 0 aliphatic carbocycles. The molecule has 2 aliphatic heterocycles. The Balaban J connectivity index is 1.58. The van der Waals surface area contributed by atoms with E-state index >= 15 is 0 Å². The van der Waals surface area contributed by atoms with Crippen molar-refractivity contribution in [2.75, 3.05) is 33.2 Å². The Hall–Kier alpha value is -3.08. The Kier molecular flexibility index (Phi) is 8.41. The molecule has 2 heterocycles. The number of rotatable bonds is 4.